The third kappa shape index (κ3) is 2.78. The zero-order valence-electron chi connectivity index (χ0n) is 8.87. The molecule has 1 aromatic rings. The van der Waals surface area contributed by atoms with Gasteiger partial charge >= 0.3 is 0 Å². The predicted molar refractivity (Wildman–Crippen MR) is 64.4 cm³/mol. The van der Waals surface area contributed by atoms with E-state index in [2.05, 4.69) is 6.08 Å². The van der Waals surface area contributed by atoms with Crippen molar-refractivity contribution in [2.45, 2.75) is 38.5 Å². The van der Waals surface area contributed by atoms with Gasteiger partial charge in [0.25, 0.3) is 0 Å². The van der Waals surface area contributed by atoms with Gasteiger partial charge in [-0.25, -0.2) is 0 Å². The predicted octanol–water partition coefficient (Wildman–Crippen LogP) is 4.21. The summed E-state index contributed by atoms with van der Waals surface area (Å²) < 4.78 is 0. The number of hydrogen-bond acceptors (Lipinski definition) is 2. The molecule has 0 aliphatic heterocycles. The molecule has 0 saturated heterocycles. The van der Waals surface area contributed by atoms with Crippen LogP contribution in [0.5, 0.6) is 0 Å². The smallest absolute Gasteiger partial charge is 0.189 e. The molecule has 1 aliphatic carbocycles. The molecule has 0 N–H and O–H groups in total. The lowest BCUT2D eigenvalue weighted by Crippen LogP contribution is -2.03. The fourth-order valence-electron chi connectivity index (χ4n) is 1.98. The molecular formula is C13H16OS. The van der Waals surface area contributed by atoms with Crippen LogP contribution in [0.4, 0.5) is 0 Å². The maximum Gasteiger partial charge on any atom is 0.189 e. The molecule has 0 aromatic carbocycles. The molecule has 0 saturated carbocycles. The Kier molecular flexibility index (Phi) is 3.73. The average Bonchev–Trinajstić information content (AvgIpc) is 2.68. The SMILES string of the molecule is O=C(/C1=C/CCCCCC1)c1ccsc1. The van der Waals surface area contributed by atoms with Gasteiger partial charge in [-0.3, -0.25) is 4.79 Å². The van der Waals surface area contributed by atoms with E-state index in [4.69, 9.17) is 0 Å². The van der Waals surface area contributed by atoms with Gasteiger partial charge in [-0.1, -0.05) is 18.9 Å². The first-order valence-corrected chi connectivity index (χ1v) is 6.58. The summed E-state index contributed by atoms with van der Waals surface area (Å²) in [4.78, 5) is 12.1. The highest BCUT2D eigenvalue weighted by molar-refractivity contribution is 7.08. The molecule has 15 heavy (non-hydrogen) atoms. The molecule has 0 bridgehead atoms. The number of carbonyl (C=O) groups excluding carboxylic acids is 1. The minimum atomic E-state index is 0.248. The number of rotatable bonds is 2. The van der Waals surface area contributed by atoms with E-state index in [1.165, 1.54) is 25.7 Å². The van der Waals surface area contributed by atoms with Crippen molar-refractivity contribution >= 4 is 17.1 Å². The van der Waals surface area contributed by atoms with Crippen LogP contribution in [0.15, 0.2) is 28.5 Å². The van der Waals surface area contributed by atoms with E-state index in [0.717, 1.165) is 24.0 Å². The second kappa shape index (κ2) is 5.26. The van der Waals surface area contributed by atoms with Gasteiger partial charge in [-0.2, -0.15) is 11.3 Å². The van der Waals surface area contributed by atoms with Crippen molar-refractivity contribution in [1.29, 1.82) is 0 Å². The highest BCUT2D eigenvalue weighted by Crippen LogP contribution is 2.21. The Balaban J connectivity index is 2.11. The first-order chi connectivity index (χ1) is 7.38. The van der Waals surface area contributed by atoms with E-state index in [1.807, 2.05) is 16.8 Å². The van der Waals surface area contributed by atoms with Crippen LogP contribution in [0.2, 0.25) is 0 Å². The summed E-state index contributed by atoms with van der Waals surface area (Å²) >= 11 is 1.59. The molecule has 1 heterocycles. The summed E-state index contributed by atoms with van der Waals surface area (Å²) in [6.45, 7) is 0. The second-order valence-corrected chi connectivity index (χ2v) is 4.80. The molecule has 0 spiro atoms. The number of thiophene rings is 1. The van der Waals surface area contributed by atoms with Gasteiger partial charge in [0.15, 0.2) is 5.78 Å². The molecule has 2 rings (SSSR count). The Labute approximate surface area is 94.8 Å². The third-order valence-corrected chi connectivity index (χ3v) is 3.55. The minimum absolute atomic E-state index is 0.248. The summed E-state index contributed by atoms with van der Waals surface area (Å²) in [5, 5.41) is 3.92. The zero-order valence-corrected chi connectivity index (χ0v) is 9.69. The molecular weight excluding hydrogens is 204 g/mol. The summed E-state index contributed by atoms with van der Waals surface area (Å²) in [5.41, 5.74) is 1.90. The number of Topliss-reactive ketones (excluding diaryl/α,β-unsaturated/α-hetero) is 1. The standard InChI is InChI=1S/C13H16OS/c14-13(12-8-9-15-10-12)11-6-4-2-1-3-5-7-11/h6,8-10H,1-5,7H2/b11-6+. The maximum absolute atomic E-state index is 12.1. The molecule has 0 amide bonds. The van der Waals surface area contributed by atoms with Gasteiger partial charge < -0.3 is 0 Å². The van der Waals surface area contributed by atoms with E-state index in [9.17, 15) is 4.79 Å². The Bertz CT molecular complexity index is 349. The van der Waals surface area contributed by atoms with E-state index >= 15 is 0 Å². The van der Waals surface area contributed by atoms with Crippen molar-refractivity contribution in [2.24, 2.45) is 0 Å². The van der Waals surface area contributed by atoms with Crippen molar-refractivity contribution in [1.82, 2.24) is 0 Å². The number of carbonyl (C=O) groups is 1. The molecule has 0 radical (unpaired) electrons. The van der Waals surface area contributed by atoms with Crippen LogP contribution in [0.3, 0.4) is 0 Å². The van der Waals surface area contributed by atoms with Crippen molar-refractivity contribution in [2.75, 3.05) is 0 Å². The van der Waals surface area contributed by atoms with Gasteiger partial charge in [-0.05, 0) is 42.7 Å². The average molecular weight is 220 g/mol. The van der Waals surface area contributed by atoms with Crippen molar-refractivity contribution < 1.29 is 4.79 Å². The Hall–Kier alpha value is -0.890. The van der Waals surface area contributed by atoms with Gasteiger partial charge in [-0.15, -0.1) is 0 Å². The lowest BCUT2D eigenvalue weighted by atomic mass is 9.95. The molecule has 2 heteroatoms. The fraction of sp³-hybridized carbons (Fsp3) is 0.462. The van der Waals surface area contributed by atoms with E-state index in [1.54, 1.807) is 11.3 Å². The molecule has 1 nitrogen and oxygen atoms in total. The van der Waals surface area contributed by atoms with Crippen molar-refractivity contribution in [3.63, 3.8) is 0 Å². The molecule has 0 atom stereocenters. The lowest BCUT2D eigenvalue weighted by molar-refractivity contribution is 0.103. The Morgan fingerprint density at radius 1 is 1.20 bits per heavy atom. The monoisotopic (exact) mass is 220 g/mol. The first-order valence-electron chi connectivity index (χ1n) is 5.64. The normalized spacial score (nSPS) is 21.2. The molecule has 1 aromatic heterocycles. The van der Waals surface area contributed by atoms with E-state index < -0.39 is 0 Å². The lowest BCUT2D eigenvalue weighted by Gasteiger charge is -2.09. The summed E-state index contributed by atoms with van der Waals surface area (Å²) in [6.07, 6.45) is 9.19. The van der Waals surface area contributed by atoms with Gasteiger partial charge in [0.05, 0.1) is 0 Å². The van der Waals surface area contributed by atoms with Crippen LogP contribution < -0.4 is 0 Å². The number of allylic oxidation sites excluding steroid dienone is 2. The van der Waals surface area contributed by atoms with Crippen LogP contribution in [0.25, 0.3) is 0 Å². The largest absolute Gasteiger partial charge is 0.289 e. The van der Waals surface area contributed by atoms with Crippen molar-refractivity contribution in [3.8, 4) is 0 Å². The second-order valence-electron chi connectivity index (χ2n) is 4.02. The first kappa shape index (κ1) is 10.6. The van der Waals surface area contributed by atoms with E-state index in [-0.39, 0.29) is 5.78 Å². The van der Waals surface area contributed by atoms with E-state index in [0.29, 0.717) is 0 Å². The highest BCUT2D eigenvalue weighted by Gasteiger charge is 2.13. The third-order valence-electron chi connectivity index (χ3n) is 2.87. The topological polar surface area (TPSA) is 17.1 Å². The van der Waals surface area contributed by atoms with Crippen LogP contribution in [0, 0.1) is 0 Å². The number of ketones is 1. The Morgan fingerprint density at radius 3 is 2.87 bits per heavy atom. The molecule has 1 aliphatic rings. The Morgan fingerprint density at radius 2 is 2.07 bits per heavy atom. The van der Waals surface area contributed by atoms with Gasteiger partial charge in [0.1, 0.15) is 0 Å². The minimum Gasteiger partial charge on any atom is -0.289 e. The highest BCUT2D eigenvalue weighted by atomic mass is 32.1. The summed E-state index contributed by atoms with van der Waals surface area (Å²) in [6, 6.07) is 1.92. The van der Waals surface area contributed by atoms with Crippen LogP contribution in [-0.2, 0) is 0 Å². The summed E-state index contributed by atoms with van der Waals surface area (Å²) in [5.74, 6) is 0.248. The quantitative estimate of drug-likeness (QED) is 0.682. The van der Waals surface area contributed by atoms with Gasteiger partial charge in [0, 0.05) is 10.9 Å². The number of hydrogen-bond donors (Lipinski definition) is 0. The van der Waals surface area contributed by atoms with Crippen LogP contribution in [0.1, 0.15) is 48.9 Å². The fourth-order valence-corrected chi connectivity index (χ4v) is 2.61. The molecule has 80 valence electrons. The van der Waals surface area contributed by atoms with Crippen LogP contribution >= 0.6 is 11.3 Å². The van der Waals surface area contributed by atoms with Crippen LogP contribution in [-0.4, -0.2) is 5.78 Å². The van der Waals surface area contributed by atoms with Crippen molar-refractivity contribution in [3.05, 3.63) is 34.0 Å². The molecule has 0 unspecified atom stereocenters. The van der Waals surface area contributed by atoms with Gasteiger partial charge in [0.2, 0.25) is 0 Å². The zero-order chi connectivity index (χ0) is 10.5. The molecule has 0 fully saturated rings. The maximum atomic E-state index is 12.1. The summed E-state index contributed by atoms with van der Waals surface area (Å²) in [7, 11) is 0.